The van der Waals surface area contributed by atoms with Crippen molar-refractivity contribution in [3.63, 3.8) is 0 Å². The maximum Gasteiger partial charge on any atom is 0.311 e. The summed E-state index contributed by atoms with van der Waals surface area (Å²) in [6, 6.07) is 0.226. The van der Waals surface area contributed by atoms with Crippen molar-refractivity contribution in [2.24, 2.45) is 0 Å². The Morgan fingerprint density at radius 1 is 1.05 bits per heavy atom. The molecule has 2 heterocycles. The lowest BCUT2D eigenvalue weighted by molar-refractivity contribution is -0.147. The van der Waals surface area contributed by atoms with Gasteiger partial charge in [-0.15, -0.1) is 0 Å². The van der Waals surface area contributed by atoms with Crippen LogP contribution in [0.15, 0.2) is 0 Å². The number of hydrogen-bond acceptors (Lipinski definition) is 5. The highest BCUT2D eigenvalue weighted by molar-refractivity contribution is 6.35. The first kappa shape index (κ1) is 13.8. The summed E-state index contributed by atoms with van der Waals surface area (Å²) in [7, 11) is 0. The first-order valence-corrected chi connectivity index (χ1v) is 7.28. The van der Waals surface area contributed by atoms with Gasteiger partial charge in [0.1, 0.15) is 0 Å². The molecule has 1 aliphatic carbocycles. The summed E-state index contributed by atoms with van der Waals surface area (Å²) in [5.41, 5.74) is 0. The third kappa shape index (κ3) is 3.47. The van der Waals surface area contributed by atoms with Crippen LogP contribution in [-0.2, 0) is 19.1 Å². The number of rotatable bonds is 3. The molecule has 0 bridgehead atoms. The third-order valence-electron chi connectivity index (χ3n) is 3.86. The fourth-order valence-electron chi connectivity index (χ4n) is 2.48. The van der Waals surface area contributed by atoms with Gasteiger partial charge in [0.25, 0.3) is 0 Å². The maximum absolute atomic E-state index is 12.0. The molecule has 20 heavy (non-hydrogen) atoms. The maximum atomic E-state index is 12.0. The summed E-state index contributed by atoms with van der Waals surface area (Å²) < 4.78 is 10.8. The lowest BCUT2D eigenvalue weighted by atomic mass is 10.3. The molecule has 0 aromatic heterocycles. The van der Waals surface area contributed by atoms with E-state index in [1.165, 1.54) is 0 Å². The number of nitrogens with one attached hydrogen (secondary N) is 1. The quantitative estimate of drug-likeness (QED) is 0.658. The van der Waals surface area contributed by atoms with Crippen molar-refractivity contribution in [1.29, 1.82) is 0 Å². The van der Waals surface area contributed by atoms with Crippen LogP contribution in [0.2, 0.25) is 0 Å². The van der Waals surface area contributed by atoms with Crippen molar-refractivity contribution in [1.82, 2.24) is 15.1 Å². The summed E-state index contributed by atoms with van der Waals surface area (Å²) in [4.78, 5) is 27.5. The second-order valence-electron chi connectivity index (χ2n) is 5.51. The topological polar surface area (TPSA) is 71.1 Å². The van der Waals surface area contributed by atoms with Gasteiger partial charge < -0.3 is 19.7 Å². The molecule has 0 aromatic carbocycles. The molecule has 3 fully saturated rings. The van der Waals surface area contributed by atoms with E-state index >= 15 is 0 Å². The zero-order valence-electron chi connectivity index (χ0n) is 11.5. The molecule has 1 saturated carbocycles. The third-order valence-corrected chi connectivity index (χ3v) is 3.86. The summed E-state index contributed by atoms with van der Waals surface area (Å²) in [5.74, 6) is -0.853. The van der Waals surface area contributed by atoms with E-state index in [0.29, 0.717) is 26.3 Å². The lowest BCUT2D eigenvalue weighted by Crippen LogP contribution is -2.53. The predicted molar refractivity (Wildman–Crippen MR) is 69.9 cm³/mol. The van der Waals surface area contributed by atoms with Crippen molar-refractivity contribution in [3.05, 3.63) is 0 Å². The molecular weight excluding hydrogens is 262 g/mol. The van der Waals surface area contributed by atoms with Gasteiger partial charge in [-0.2, -0.15) is 0 Å². The predicted octanol–water partition coefficient (Wildman–Crippen LogP) is -1.22. The van der Waals surface area contributed by atoms with Crippen molar-refractivity contribution in [3.8, 4) is 0 Å². The minimum Gasteiger partial charge on any atom is -0.349 e. The molecule has 7 heteroatoms. The van der Waals surface area contributed by atoms with E-state index in [1.807, 2.05) is 0 Å². The Labute approximate surface area is 118 Å². The fourth-order valence-corrected chi connectivity index (χ4v) is 2.48. The number of nitrogens with zero attached hydrogens (tertiary/aromatic N) is 2. The SMILES string of the molecule is O=C(NC1CC1)C(=O)N1CCN(CC2OCCO2)CC1. The number of amides is 2. The number of piperazine rings is 1. The summed E-state index contributed by atoms with van der Waals surface area (Å²) >= 11 is 0. The highest BCUT2D eigenvalue weighted by Gasteiger charge is 2.31. The van der Waals surface area contributed by atoms with Gasteiger partial charge in [0, 0.05) is 38.8 Å². The van der Waals surface area contributed by atoms with Crippen LogP contribution in [0.3, 0.4) is 0 Å². The summed E-state index contributed by atoms with van der Waals surface area (Å²) in [6.07, 6.45) is 1.85. The standard InChI is InChI=1S/C13H21N3O4/c17-12(14-10-1-2-10)13(18)16-5-3-15(4-6-16)9-11-19-7-8-20-11/h10-11H,1-9H2,(H,14,17). The number of carbonyl (C=O) groups excluding carboxylic acids is 2. The van der Waals surface area contributed by atoms with Gasteiger partial charge in [0.05, 0.1) is 13.2 Å². The van der Waals surface area contributed by atoms with E-state index in [0.717, 1.165) is 32.5 Å². The Bertz CT molecular complexity index is 372. The molecule has 2 amide bonds. The molecule has 0 spiro atoms. The Morgan fingerprint density at radius 2 is 1.70 bits per heavy atom. The normalized spacial score (nSPS) is 24.9. The molecule has 2 aliphatic heterocycles. The minimum absolute atomic E-state index is 0.143. The van der Waals surface area contributed by atoms with Gasteiger partial charge >= 0.3 is 11.8 Å². The van der Waals surface area contributed by atoms with E-state index in [2.05, 4.69) is 10.2 Å². The van der Waals surface area contributed by atoms with Gasteiger partial charge in [-0.05, 0) is 12.8 Å². The molecule has 0 radical (unpaired) electrons. The number of carbonyl (C=O) groups is 2. The molecule has 0 atom stereocenters. The van der Waals surface area contributed by atoms with E-state index in [1.54, 1.807) is 4.90 Å². The molecule has 0 unspecified atom stereocenters. The second kappa shape index (κ2) is 6.07. The van der Waals surface area contributed by atoms with Crippen LogP contribution in [-0.4, -0.2) is 79.9 Å². The van der Waals surface area contributed by atoms with Crippen LogP contribution in [0.4, 0.5) is 0 Å². The summed E-state index contributed by atoms with van der Waals surface area (Å²) in [6.45, 7) is 4.73. The van der Waals surface area contributed by atoms with Crippen molar-refractivity contribution >= 4 is 11.8 Å². The van der Waals surface area contributed by atoms with Gasteiger partial charge in [-0.3, -0.25) is 14.5 Å². The molecule has 0 aromatic rings. The van der Waals surface area contributed by atoms with Gasteiger partial charge in [0.2, 0.25) is 0 Å². The zero-order chi connectivity index (χ0) is 13.9. The second-order valence-corrected chi connectivity index (χ2v) is 5.51. The van der Waals surface area contributed by atoms with Crippen LogP contribution in [0.25, 0.3) is 0 Å². The monoisotopic (exact) mass is 283 g/mol. The first-order chi connectivity index (χ1) is 9.72. The van der Waals surface area contributed by atoms with Gasteiger partial charge in [-0.25, -0.2) is 0 Å². The van der Waals surface area contributed by atoms with E-state index in [4.69, 9.17) is 9.47 Å². The molecule has 2 saturated heterocycles. The average molecular weight is 283 g/mol. The van der Waals surface area contributed by atoms with Gasteiger partial charge in [0.15, 0.2) is 6.29 Å². The smallest absolute Gasteiger partial charge is 0.311 e. The summed E-state index contributed by atoms with van der Waals surface area (Å²) in [5, 5.41) is 2.74. The number of hydrogen-bond donors (Lipinski definition) is 1. The first-order valence-electron chi connectivity index (χ1n) is 7.28. The lowest BCUT2D eigenvalue weighted by Gasteiger charge is -2.35. The molecule has 7 nitrogen and oxygen atoms in total. The Balaban J connectivity index is 1.40. The Kier molecular flexibility index (Phi) is 4.18. The van der Waals surface area contributed by atoms with Gasteiger partial charge in [-0.1, -0.05) is 0 Å². The van der Waals surface area contributed by atoms with E-state index in [-0.39, 0.29) is 12.3 Å². The highest BCUT2D eigenvalue weighted by Crippen LogP contribution is 2.18. The van der Waals surface area contributed by atoms with E-state index in [9.17, 15) is 9.59 Å². The molecule has 112 valence electrons. The van der Waals surface area contributed by atoms with E-state index < -0.39 is 11.8 Å². The molecule has 3 rings (SSSR count). The van der Waals surface area contributed by atoms with Crippen molar-refractivity contribution < 1.29 is 19.1 Å². The van der Waals surface area contributed by atoms with Crippen LogP contribution >= 0.6 is 0 Å². The largest absolute Gasteiger partial charge is 0.349 e. The molecular formula is C13H21N3O4. The van der Waals surface area contributed by atoms with Crippen LogP contribution in [0, 0.1) is 0 Å². The van der Waals surface area contributed by atoms with Crippen molar-refractivity contribution in [2.45, 2.75) is 25.2 Å². The zero-order valence-corrected chi connectivity index (χ0v) is 11.5. The minimum atomic E-state index is -0.455. The van der Waals surface area contributed by atoms with Crippen molar-refractivity contribution in [2.75, 3.05) is 45.9 Å². The highest BCUT2D eigenvalue weighted by atomic mass is 16.7. The Hall–Kier alpha value is -1.18. The fraction of sp³-hybridized carbons (Fsp3) is 0.846. The van der Waals surface area contributed by atoms with Crippen LogP contribution < -0.4 is 5.32 Å². The molecule has 1 N–H and O–H groups in total. The van der Waals surface area contributed by atoms with Crippen LogP contribution in [0.5, 0.6) is 0 Å². The average Bonchev–Trinajstić information content (AvgIpc) is 3.12. The molecule has 3 aliphatic rings. The Morgan fingerprint density at radius 3 is 2.30 bits per heavy atom. The number of ether oxygens (including phenoxy) is 2. The van der Waals surface area contributed by atoms with Crippen LogP contribution in [0.1, 0.15) is 12.8 Å².